The van der Waals surface area contributed by atoms with E-state index in [4.69, 9.17) is 11.6 Å². The SMILES string of the molecule is C=CCN1CCc2cccc(Cl)c2CC1. The van der Waals surface area contributed by atoms with Gasteiger partial charge in [-0.1, -0.05) is 29.8 Å². The molecule has 15 heavy (non-hydrogen) atoms. The Morgan fingerprint density at radius 2 is 2.13 bits per heavy atom. The average molecular weight is 222 g/mol. The minimum Gasteiger partial charge on any atom is -0.299 e. The van der Waals surface area contributed by atoms with E-state index in [-0.39, 0.29) is 0 Å². The molecule has 0 aliphatic carbocycles. The molecule has 0 aromatic heterocycles. The van der Waals surface area contributed by atoms with Gasteiger partial charge in [0.05, 0.1) is 0 Å². The van der Waals surface area contributed by atoms with Crippen LogP contribution in [-0.4, -0.2) is 24.5 Å². The molecule has 0 N–H and O–H groups in total. The average Bonchev–Trinajstić information content (AvgIpc) is 2.43. The highest BCUT2D eigenvalue weighted by atomic mass is 35.5. The lowest BCUT2D eigenvalue weighted by atomic mass is 10.0. The molecule has 0 spiro atoms. The van der Waals surface area contributed by atoms with E-state index in [2.05, 4.69) is 17.5 Å². The first kappa shape index (κ1) is 10.7. The van der Waals surface area contributed by atoms with Crippen molar-refractivity contribution in [1.82, 2.24) is 4.90 Å². The van der Waals surface area contributed by atoms with E-state index in [9.17, 15) is 0 Å². The molecular weight excluding hydrogens is 206 g/mol. The number of benzene rings is 1. The normalized spacial score (nSPS) is 16.9. The molecule has 1 aliphatic heterocycles. The maximum Gasteiger partial charge on any atom is 0.0441 e. The molecule has 1 aliphatic rings. The van der Waals surface area contributed by atoms with Crippen LogP contribution in [0, 0.1) is 0 Å². The highest BCUT2D eigenvalue weighted by molar-refractivity contribution is 6.31. The van der Waals surface area contributed by atoms with Crippen LogP contribution in [0.25, 0.3) is 0 Å². The van der Waals surface area contributed by atoms with Gasteiger partial charge in [0, 0.05) is 24.7 Å². The molecule has 0 saturated carbocycles. The van der Waals surface area contributed by atoms with Crippen LogP contribution in [0.2, 0.25) is 5.02 Å². The molecule has 0 amide bonds. The standard InChI is InChI=1S/C13H16ClN/c1-2-8-15-9-6-11-4-3-5-13(14)12(11)7-10-15/h2-5H,1,6-10H2. The van der Waals surface area contributed by atoms with Crippen molar-refractivity contribution in [2.24, 2.45) is 0 Å². The van der Waals surface area contributed by atoms with E-state index >= 15 is 0 Å². The van der Waals surface area contributed by atoms with Crippen molar-refractivity contribution in [3.8, 4) is 0 Å². The molecule has 0 atom stereocenters. The minimum atomic E-state index is 0.924. The van der Waals surface area contributed by atoms with Crippen LogP contribution >= 0.6 is 11.6 Å². The Kier molecular flexibility index (Phi) is 3.45. The molecule has 0 unspecified atom stereocenters. The fourth-order valence-corrected chi connectivity index (χ4v) is 2.43. The lowest BCUT2D eigenvalue weighted by Crippen LogP contribution is -2.26. The zero-order valence-corrected chi connectivity index (χ0v) is 9.63. The summed E-state index contributed by atoms with van der Waals surface area (Å²) in [7, 11) is 0. The Morgan fingerprint density at radius 3 is 2.93 bits per heavy atom. The second-order valence-corrected chi connectivity index (χ2v) is 4.37. The monoisotopic (exact) mass is 221 g/mol. The zero-order chi connectivity index (χ0) is 10.7. The Labute approximate surface area is 96.4 Å². The second-order valence-electron chi connectivity index (χ2n) is 3.97. The molecule has 0 saturated heterocycles. The van der Waals surface area contributed by atoms with Gasteiger partial charge in [-0.25, -0.2) is 0 Å². The molecule has 0 fully saturated rings. The molecule has 1 nitrogen and oxygen atoms in total. The summed E-state index contributed by atoms with van der Waals surface area (Å²) in [5.41, 5.74) is 2.75. The first-order chi connectivity index (χ1) is 7.31. The van der Waals surface area contributed by atoms with Gasteiger partial charge in [0.25, 0.3) is 0 Å². The molecule has 0 radical (unpaired) electrons. The zero-order valence-electron chi connectivity index (χ0n) is 8.88. The molecule has 1 heterocycles. The van der Waals surface area contributed by atoms with Crippen LogP contribution < -0.4 is 0 Å². The van der Waals surface area contributed by atoms with Crippen LogP contribution in [0.1, 0.15) is 11.1 Å². The van der Waals surface area contributed by atoms with E-state index in [1.54, 1.807) is 0 Å². The summed E-state index contributed by atoms with van der Waals surface area (Å²) >= 11 is 6.20. The summed E-state index contributed by atoms with van der Waals surface area (Å²) in [6, 6.07) is 6.23. The van der Waals surface area contributed by atoms with Crippen molar-refractivity contribution >= 4 is 11.6 Å². The van der Waals surface area contributed by atoms with Crippen LogP contribution in [0.4, 0.5) is 0 Å². The second kappa shape index (κ2) is 4.82. The Bertz CT molecular complexity index is 360. The summed E-state index contributed by atoms with van der Waals surface area (Å²) in [4.78, 5) is 2.42. The van der Waals surface area contributed by atoms with Crippen molar-refractivity contribution in [3.05, 3.63) is 47.0 Å². The topological polar surface area (TPSA) is 3.24 Å². The Morgan fingerprint density at radius 1 is 1.33 bits per heavy atom. The molecule has 1 aromatic carbocycles. The maximum absolute atomic E-state index is 6.20. The third kappa shape index (κ3) is 2.42. The molecule has 2 rings (SSSR count). The Balaban J connectivity index is 2.18. The fourth-order valence-electron chi connectivity index (χ4n) is 2.14. The first-order valence-electron chi connectivity index (χ1n) is 5.41. The molecule has 80 valence electrons. The lowest BCUT2D eigenvalue weighted by Gasteiger charge is -2.16. The van der Waals surface area contributed by atoms with E-state index in [0.717, 1.165) is 37.5 Å². The molecule has 2 heteroatoms. The van der Waals surface area contributed by atoms with E-state index in [0.29, 0.717) is 0 Å². The number of hydrogen-bond acceptors (Lipinski definition) is 1. The summed E-state index contributed by atoms with van der Waals surface area (Å²) < 4.78 is 0. The van der Waals surface area contributed by atoms with Gasteiger partial charge >= 0.3 is 0 Å². The van der Waals surface area contributed by atoms with Gasteiger partial charge in [-0.05, 0) is 30.0 Å². The maximum atomic E-state index is 6.20. The summed E-state index contributed by atoms with van der Waals surface area (Å²) in [5, 5.41) is 0.924. The van der Waals surface area contributed by atoms with Gasteiger partial charge in [-0.3, -0.25) is 4.90 Å². The minimum absolute atomic E-state index is 0.924. The van der Waals surface area contributed by atoms with Crippen molar-refractivity contribution < 1.29 is 0 Å². The van der Waals surface area contributed by atoms with Crippen LogP contribution in [-0.2, 0) is 12.8 Å². The van der Waals surface area contributed by atoms with Crippen LogP contribution in [0.5, 0.6) is 0 Å². The molecular formula is C13H16ClN. The van der Waals surface area contributed by atoms with E-state index < -0.39 is 0 Å². The predicted octanol–water partition coefficient (Wildman–Crippen LogP) is 2.93. The quantitative estimate of drug-likeness (QED) is 0.695. The van der Waals surface area contributed by atoms with Crippen molar-refractivity contribution in [2.45, 2.75) is 12.8 Å². The summed E-state index contributed by atoms with van der Waals surface area (Å²) in [6.45, 7) is 6.96. The fraction of sp³-hybridized carbons (Fsp3) is 0.385. The summed E-state index contributed by atoms with van der Waals surface area (Å²) in [6.07, 6.45) is 4.13. The molecule has 0 bridgehead atoms. The third-order valence-electron chi connectivity index (χ3n) is 2.98. The van der Waals surface area contributed by atoms with Gasteiger partial charge < -0.3 is 0 Å². The highest BCUT2D eigenvalue weighted by Gasteiger charge is 2.14. The smallest absolute Gasteiger partial charge is 0.0441 e. The van der Waals surface area contributed by atoms with Crippen molar-refractivity contribution in [3.63, 3.8) is 0 Å². The van der Waals surface area contributed by atoms with Crippen LogP contribution in [0.3, 0.4) is 0 Å². The number of nitrogens with zero attached hydrogens (tertiary/aromatic N) is 1. The lowest BCUT2D eigenvalue weighted by molar-refractivity contribution is 0.318. The summed E-state index contributed by atoms with van der Waals surface area (Å²) in [5.74, 6) is 0. The van der Waals surface area contributed by atoms with Gasteiger partial charge in [-0.15, -0.1) is 6.58 Å². The number of rotatable bonds is 2. The van der Waals surface area contributed by atoms with Crippen LogP contribution in [0.15, 0.2) is 30.9 Å². The van der Waals surface area contributed by atoms with E-state index in [1.807, 2.05) is 18.2 Å². The predicted molar refractivity (Wildman–Crippen MR) is 65.5 cm³/mol. The first-order valence-corrected chi connectivity index (χ1v) is 5.78. The Hall–Kier alpha value is -0.790. The third-order valence-corrected chi connectivity index (χ3v) is 3.33. The van der Waals surface area contributed by atoms with E-state index in [1.165, 1.54) is 11.1 Å². The molecule has 1 aromatic rings. The van der Waals surface area contributed by atoms with Crippen molar-refractivity contribution in [1.29, 1.82) is 0 Å². The van der Waals surface area contributed by atoms with Crippen molar-refractivity contribution in [2.75, 3.05) is 19.6 Å². The number of hydrogen-bond donors (Lipinski definition) is 0. The van der Waals surface area contributed by atoms with Gasteiger partial charge in [0.15, 0.2) is 0 Å². The number of halogens is 1. The van der Waals surface area contributed by atoms with Gasteiger partial charge in [-0.2, -0.15) is 0 Å². The largest absolute Gasteiger partial charge is 0.299 e. The number of fused-ring (bicyclic) bond motifs is 1. The highest BCUT2D eigenvalue weighted by Crippen LogP contribution is 2.23. The van der Waals surface area contributed by atoms with Gasteiger partial charge in [0.2, 0.25) is 0 Å². The van der Waals surface area contributed by atoms with Gasteiger partial charge in [0.1, 0.15) is 0 Å².